The molecule has 0 unspecified atom stereocenters. The molecule has 0 atom stereocenters. The summed E-state index contributed by atoms with van der Waals surface area (Å²) in [7, 11) is 0. The predicted octanol–water partition coefficient (Wildman–Crippen LogP) is 1.87. The minimum Gasteiger partial charge on any atom is -0.273 e. The van der Waals surface area contributed by atoms with Crippen molar-refractivity contribution in [2.75, 3.05) is 0 Å². The maximum Gasteiger partial charge on any atom is 0.248 e. The molecule has 0 saturated heterocycles. The summed E-state index contributed by atoms with van der Waals surface area (Å²) in [5.41, 5.74) is 1.54. The summed E-state index contributed by atoms with van der Waals surface area (Å²) in [5, 5.41) is 7.75. The fraction of sp³-hybridized carbons (Fsp3) is 0.300. The van der Waals surface area contributed by atoms with Gasteiger partial charge in [0.2, 0.25) is 5.91 Å². The molecule has 0 spiro atoms. The average molecular weight is 189 g/mol. The number of hydrogen-bond acceptors (Lipinski definition) is 3. The summed E-state index contributed by atoms with van der Waals surface area (Å²) in [6.07, 6.45) is 1.33. The molecule has 0 N–H and O–H groups in total. The number of benzene rings is 1. The lowest BCUT2D eigenvalue weighted by atomic mass is 10.3. The second-order valence-corrected chi connectivity index (χ2v) is 3.13. The zero-order valence-corrected chi connectivity index (χ0v) is 7.97. The molecular weight excluding hydrogens is 178 g/mol. The third-order valence-corrected chi connectivity index (χ3v) is 2.05. The largest absolute Gasteiger partial charge is 0.273 e. The van der Waals surface area contributed by atoms with E-state index in [1.165, 1.54) is 4.68 Å². The van der Waals surface area contributed by atoms with Gasteiger partial charge in [-0.1, -0.05) is 24.3 Å². The zero-order valence-electron chi connectivity index (χ0n) is 7.97. The Balaban J connectivity index is 2.47. The van der Waals surface area contributed by atoms with Crippen molar-refractivity contribution in [1.29, 1.82) is 0 Å². The first-order chi connectivity index (χ1) is 6.83. The smallest absolute Gasteiger partial charge is 0.248 e. The Kier molecular flexibility index (Phi) is 2.26. The van der Waals surface area contributed by atoms with Crippen LogP contribution in [-0.4, -0.2) is 20.9 Å². The van der Waals surface area contributed by atoms with Crippen molar-refractivity contribution < 1.29 is 4.79 Å². The number of rotatable bonds is 2. The summed E-state index contributed by atoms with van der Waals surface area (Å²) < 4.78 is 1.37. The molecule has 0 saturated carbocycles. The molecule has 0 fully saturated rings. The standard InChI is InChI=1S/C10H11N3O/c1-2-5-10(14)13-9-7-4-3-6-8(9)11-12-13/h3-4,6-7H,2,5H2,1H3. The maximum absolute atomic E-state index is 11.6. The van der Waals surface area contributed by atoms with Crippen molar-refractivity contribution in [2.24, 2.45) is 0 Å². The average Bonchev–Trinajstić information content (AvgIpc) is 2.61. The highest BCUT2D eigenvalue weighted by Crippen LogP contribution is 2.10. The van der Waals surface area contributed by atoms with Gasteiger partial charge in [-0.3, -0.25) is 4.79 Å². The third kappa shape index (κ3) is 1.39. The van der Waals surface area contributed by atoms with E-state index < -0.39 is 0 Å². The maximum atomic E-state index is 11.6. The Morgan fingerprint density at radius 3 is 3.00 bits per heavy atom. The van der Waals surface area contributed by atoms with E-state index in [0.717, 1.165) is 17.5 Å². The highest BCUT2D eigenvalue weighted by Gasteiger charge is 2.09. The second kappa shape index (κ2) is 3.57. The monoisotopic (exact) mass is 189 g/mol. The third-order valence-electron chi connectivity index (χ3n) is 2.05. The molecule has 4 heteroatoms. The van der Waals surface area contributed by atoms with Gasteiger partial charge < -0.3 is 0 Å². The van der Waals surface area contributed by atoms with Crippen LogP contribution in [0.5, 0.6) is 0 Å². The van der Waals surface area contributed by atoms with Crippen molar-refractivity contribution >= 4 is 16.9 Å². The molecule has 1 heterocycles. The van der Waals surface area contributed by atoms with Crippen molar-refractivity contribution in [2.45, 2.75) is 19.8 Å². The molecule has 72 valence electrons. The van der Waals surface area contributed by atoms with Crippen molar-refractivity contribution in [3.05, 3.63) is 24.3 Å². The van der Waals surface area contributed by atoms with E-state index in [0.29, 0.717) is 6.42 Å². The zero-order chi connectivity index (χ0) is 9.97. The number of nitrogens with zero attached hydrogens (tertiary/aromatic N) is 3. The Hall–Kier alpha value is -1.71. The molecule has 0 bridgehead atoms. The topological polar surface area (TPSA) is 47.8 Å². The molecular formula is C10H11N3O. The molecule has 1 aromatic heterocycles. The van der Waals surface area contributed by atoms with Gasteiger partial charge in [0.25, 0.3) is 0 Å². The fourth-order valence-electron chi connectivity index (χ4n) is 1.37. The van der Waals surface area contributed by atoms with Crippen molar-refractivity contribution in [3.63, 3.8) is 0 Å². The van der Waals surface area contributed by atoms with E-state index in [4.69, 9.17) is 0 Å². The van der Waals surface area contributed by atoms with Gasteiger partial charge in [-0.15, -0.1) is 5.10 Å². The number of para-hydroxylation sites is 1. The Morgan fingerprint density at radius 1 is 1.43 bits per heavy atom. The molecule has 0 radical (unpaired) electrons. The van der Waals surface area contributed by atoms with Crippen LogP contribution in [0.15, 0.2) is 24.3 Å². The van der Waals surface area contributed by atoms with Gasteiger partial charge in [-0.25, -0.2) is 0 Å². The number of carbonyl (C=O) groups excluding carboxylic acids is 1. The lowest BCUT2D eigenvalue weighted by molar-refractivity contribution is 0.0889. The highest BCUT2D eigenvalue weighted by atomic mass is 16.2. The minimum atomic E-state index is 0.00111. The summed E-state index contributed by atoms with van der Waals surface area (Å²) in [6.45, 7) is 1.97. The van der Waals surface area contributed by atoms with E-state index in [2.05, 4.69) is 10.3 Å². The van der Waals surface area contributed by atoms with Gasteiger partial charge in [0.15, 0.2) is 0 Å². The van der Waals surface area contributed by atoms with Crippen LogP contribution in [0.4, 0.5) is 0 Å². The van der Waals surface area contributed by atoms with E-state index in [-0.39, 0.29) is 5.91 Å². The number of hydrogen-bond donors (Lipinski definition) is 0. The molecule has 1 aromatic carbocycles. The van der Waals surface area contributed by atoms with E-state index in [9.17, 15) is 4.79 Å². The van der Waals surface area contributed by atoms with Crippen LogP contribution in [0.1, 0.15) is 24.6 Å². The quantitative estimate of drug-likeness (QED) is 0.724. The first-order valence-corrected chi connectivity index (χ1v) is 4.66. The van der Waals surface area contributed by atoms with Crippen LogP contribution in [0.3, 0.4) is 0 Å². The van der Waals surface area contributed by atoms with E-state index in [1.807, 2.05) is 31.2 Å². The van der Waals surface area contributed by atoms with Crippen LogP contribution in [-0.2, 0) is 0 Å². The first-order valence-electron chi connectivity index (χ1n) is 4.66. The van der Waals surface area contributed by atoms with Crippen molar-refractivity contribution in [1.82, 2.24) is 15.0 Å². The molecule has 14 heavy (non-hydrogen) atoms. The molecule has 0 amide bonds. The molecule has 0 aliphatic carbocycles. The molecule has 2 rings (SSSR count). The van der Waals surface area contributed by atoms with E-state index >= 15 is 0 Å². The van der Waals surface area contributed by atoms with Crippen LogP contribution in [0, 0.1) is 0 Å². The SMILES string of the molecule is CCCC(=O)n1nnc2ccccc21. The summed E-state index contributed by atoms with van der Waals surface area (Å²) >= 11 is 0. The van der Waals surface area contributed by atoms with Gasteiger partial charge in [0.05, 0.1) is 5.52 Å². The molecule has 4 nitrogen and oxygen atoms in total. The van der Waals surface area contributed by atoms with Gasteiger partial charge in [-0.05, 0) is 18.6 Å². The lowest BCUT2D eigenvalue weighted by Gasteiger charge is -1.97. The molecule has 0 aliphatic rings. The van der Waals surface area contributed by atoms with E-state index in [1.54, 1.807) is 0 Å². The summed E-state index contributed by atoms with van der Waals surface area (Å²) in [6, 6.07) is 7.45. The fourth-order valence-corrected chi connectivity index (χ4v) is 1.37. The second-order valence-electron chi connectivity index (χ2n) is 3.13. The number of fused-ring (bicyclic) bond motifs is 1. The highest BCUT2D eigenvalue weighted by molar-refractivity contribution is 5.88. The predicted molar refractivity (Wildman–Crippen MR) is 53.1 cm³/mol. The first kappa shape index (κ1) is 8.87. The minimum absolute atomic E-state index is 0.00111. The Bertz CT molecular complexity index is 461. The molecule has 2 aromatic rings. The lowest BCUT2D eigenvalue weighted by Crippen LogP contribution is -2.11. The van der Waals surface area contributed by atoms with Crippen molar-refractivity contribution in [3.8, 4) is 0 Å². The van der Waals surface area contributed by atoms with Gasteiger partial charge in [-0.2, -0.15) is 4.68 Å². The van der Waals surface area contributed by atoms with Crippen LogP contribution < -0.4 is 0 Å². The summed E-state index contributed by atoms with van der Waals surface area (Å²) in [4.78, 5) is 11.6. The normalized spacial score (nSPS) is 10.6. The molecule has 0 aliphatic heterocycles. The number of aromatic nitrogens is 3. The van der Waals surface area contributed by atoms with Crippen LogP contribution >= 0.6 is 0 Å². The Labute approximate surface area is 81.5 Å². The summed E-state index contributed by atoms with van der Waals surface area (Å²) in [5.74, 6) is 0.00111. The van der Waals surface area contributed by atoms with Crippen LogP contribution in [0.2, 0.25) is 0 Å². The van der Waals surface area contributed by atoms with Crippen LogP contribution in [0.25, 0.3) is 11.0 Å². The van der Waals surface area contributed by atoms with Gasteiger partial charge in [0.1, 0.15) is 5.52 Å². The number of carbonyl (C=O) groups is 1. The van der Waals surface area contributed by atoms with Gasteiger partial charge >= 0.3 is 0 Å². The van der Waals surface area contributed by atoms with Gasteiger partial charge in [0, 0.05) is 6.42 Å². The Morgan fingerprint density at radius 2 is 2.21 bits per heavy atom.